The monoisotopic (exact) mass is 242 g/mol. The molecule has 98 valence electrons. The van der Waals surface area contributed by atoms with E-state index in [9.17, 15) is 9.59 Å². The molecule has 4 nitrogen and oxygen atoms in total. The average molecular weight is 242 g/mol. The number of carbonyl (C=O) groups is 2. The molecule has 1 saturated carbocycles. The third-order valence-electron chi connectivity index (χ3n) is 3.01. The molecule has 0 aromatic carbocycles. The first-order valence-corrected chi connectivity index (χ1v) is 6.05. The van der Waals surface area contributed by atoms with Gasteiger partial charge >= 0.3 is 11.9 Å². The van der Waals surface area contributed by atoms with Gasteiger partial charge in [0.1, 0.15) is 5.60 Å². The minimum absolute atomic E-state index is 0.280. The Bertz CT molecular complexity index is 303. The minimum Gasteiger partial charge on any atom is -0.469 e. The summed E-state index contributed by atoms with van der Waals surface area (Å²) in [6, 6.07) is 0. The summed E-state index contributed by atoms with van der Waals surface area (Å²) >= 11 is 0. The van der Waals surface area contributed by atoms with Crippen LogP contribution in [0.2, 0.25) is 0 Å². The van der Waals surface area contributed by atoms with Crippen LogP contribution in [0.4, 0.5) is 0 Å². The van der Waals surface area contributed by atoms with Gasteiger partial charge < -0.3 is 9.47 Å². The predicted molar refractivity (Wildman–Crippen MR) is 63.2 cm³/mol. The topological polar surface area (TPSA) is 52.6 Å². The summed E-state index contributed by atoms with van der Waals surface area (Å²) in [5.74, 6) is -0.916. The van der Waals surface area contributed by atoms with Crippen molar-refractivity contribution in [2.75, 3.05) is 7.11 Å². The average Bonchev–Trinajstić information content (AvgIpc) is 2.56. The van der Waals surface area contributed by atoms with E-state index >= 15 is 0 Å². The molecule has 0 aromatic rings. The Kier molecular flexibility index (Phi) is 4.17. The van der Waals surface area contributed by atoms with Crippen molar-refractivity contribution in [2.24, 2.45) is 17.8 Å². The fourth-order valence-corrected chi connectivity index (χ4v) is 2.34. The first-order valence-electron chi connectivity index (χ1n) is 6.05. The van der Waals surface area contributed by atoms with Crippen LogP contribution >= 0.6 is 0 Å². The normalized spacial score (nSPS) is 28.9. The van der Waals surface area contributed by atoms with Gasteiger partial charge in [0.15, 0.2) is 0 Å². The molecule has 1 rings (SSSR count). The number of carbonyl (C=O) groups excluding carboxylic acids is 2. The maximum Gasteiger partial charge on any atom is 0.310 e. The van der Waals surface area contributed by atoms with Crippen molar-refractivity contribution in [1.82, 2.24) is 0 Å². The lowest BCUT2D eigenvalue weighted by atomic mass is 9.96. The number of hydrogen-bond donors (Lipinski definition) is 0. The van der Waals surface area contributed by atoms with E-state index in [-0.39, 0.29) is 23.8 Å². The van der Waals surface area contributed by atoms with Gasteiger partial charge in [0.25, 0.3) is 0 Å². The van der Waals surface area contributed by atoms with Crippen molar-refractivity contribution in [3.63, 3.8) is 0 Å². The molecule has 0 bridgehead atoms. The molecule has 17 heavy (non-hydrogen) atoms. The lowest BCUT2D eigenvalue weighted by Crippen LogP contribution is -2.33. The molecule has 0 heterocycles. The Morgan fingerprint density at radius 2 is 1.53 bits per heavy atom. The first-order chi connectivity index (χ1) is 7.74. The Hall–Kier alpha value is -1.06. The van der Waals surface area contributed by atoms with Gasteiger partial charge in [-0.3, -0.25) is 9.59 Å². The fourth-order valence-electron chi connectivity index (χ4n) is 2.34. The number of methoxy groups -OCH3 is 1. The van der Waals surface area contributed by atoms with Crippen molar-refractivity contribution in [3.05, 3.63) is 0 Å². The van der Waals surface area contributed by atoms with Crippen LogP contribution in [-0.2, 0) is 19.1 Å². The minimum atomic E-state index is -0.510. The highest BCUT2D eigenvalue weighted by Crippen LogP contribution is 2.38. The van der Waals surface area contributed by atoms with Crippen molar-refractivity contribution in [3.8, 4) is 0 Å². The quantitative estimate of drug-likeness (QED) is 0.696. The van der Waals surface area contributed by atoms with Gasteiger partial charge in [-0.2, -0.15) is 0 Å². The van der Waals surface area contributed by atoms with Crippen LogP contribution < -0.4 is 0 Å². The molecule has 0 saturated heterocycles. The van der Waals surface area contributed by atoms with Gasteiger partial charge in [0, 0.05) is 0 Å². The molecule has 0 amide bonds. The molecule has 1 fully saturated rings. The van der Waals surface area contributed by atoms with Gasteiger partial charge in [-0.15, -0.1) is 0 Å². The lowest BCUT2D eigenvalue weighted by molar-refractivity contribution is -0.166. The number of ether oxygens (including phenoxy) is 2. The maximum atomic E-state index is 12.0. The van der Waals surface area contributed by atoms with E-state index in [0.29, 0.717) is 18.8 Å². The highest BCUT2D eigenvalue weighted by molar-refractivity contribution is 5.82. The molecule has 0 aliphatic heterocycles. The highest BCUT2D eigenvalue weighted by Gasteiger charge is 2.43. The summed E-state index contributed by atoms with van der Waals surface area (Å²) < 4.78 is 10.1. The van der Waals surface area contributed by atoms with Crippen LogP contribution in [0.3, 0.4) is 0 Å². The number of rotatable bonds is 2. The smallest absolute Gasteiger partial charge is 0.310 e. The molecule has 4 heteroatoms. The summed E-state index contributed by atoms with van der Waals surface area (Å²) in [4.78, 5) is 23.6. The Morgan fingerprint density at radius 1 is 1.06 bits per heavy atom. The Morgan fingerprint density at radius 3 is 1.94 bits per heavy atom. The predicted octanol–water partition coefficient (Wildman–Crippen LogP) is 2.16. The molecule has 1 aliphatic carbocycles. The van der Waals surface area contributed by atoms with Crippen molar-refractivity contribution in [1.29, 1.82) is 0 Å². The molecule has 1 aliphatic rings. The van der Waals surface area contributed by atoms with Crippen LogP contribution in [0, 0.1) is 17.8 Å². The Balaban J connectivity index is 2.73. The second-order valence-corrected chi connectivity index (χ2v) is 5.85. The van der Waals surface area contributed by atoms with Crippen LogP contribution in [0.15, 0.2) is 0 Å². The highest BCUT2D eigenvalue weighted by atomic mass is 16.6. The molecule has 3 unspecified atom stereocenters. The van der Waals surface area contributed by atoms with E-state index in [1.807, 2.05) is 27.7 Å². The van der Waals surface area contributed by atoms with Crippen LogP contribution in [0.1, 0.15) is 40.5 Å². The van der Waals surface area contributed by atoms with E-state index < -0.39 is 5.60 Å². The SMILES string of the molecule is COC(=O)C1CC(C)CC1C(=O)OC(C)(C)C. The van der Waals surface area contributed by atoms with Crippen molar-refractivity contribution >= 4 is 11.9 Å². The molecule has 0 radical (unpaired) electrons. The number of hydrogen-bond acceptors (Lipinski definition) is 4. The van der Waals surface area contributed by atoms with Crippen LogP contribution in [0.25, 0.3) is 0 Å². The Labute approximate surface area is 103 Å². The summed E-state index contributed by atoms with van der Waals surface area (Å²) in [6.45, 7) is 7.53. The van der Waals surface area contributed by atoms with Gasteiger partial charge in [-0.1, -0.05) is 6.92 Å². The summed E-state index contributed by atoms with van der Waals surface area (Å²) in [6.07, 6.45) is 1.41. The van der Waals surface area contributed by atoms with E-state index in [2.05, 4.69) is 0 Å². The van der Waals surface area contributed by atoms with Gasteiger partial charge in [-0.05, 0) is 39.5 Å². The number of esters is 2. The maximum absolute atomic E-state index is 12.0. The molecular formula is C13H22O4. The summed E-state index contributed by atoms with van der Waals surface area (Å²) in [7, 11) is 1.36. The van der Waals surface area contributed by atoms with Crippen molar-refractivity contribution < 1.29 is 19.1 Å². The second kappa shape index (κ2) is 5.07. The molecular weight excluding hydrogens is 220 g/mol. The van der Waals surface area contributed by atoms with Crippen LogP contribution in [0.5, 0.6) is 0 Å². The lowest BCUT2D eigenvalue weighted by Gasteiger charge is -2.24. The fraction of sp³-hybridized carbons (Fsp3) is 0.846. The van der Waals surface area contributed by atoms with Gasteiger partial charge in [-0.25, -0.2) is 0 Å². The van der Waals surface area contributed by atoms with Crippen LogP contribution in [-0.4, -0.2) is 24.6 Å². The largest absolute Gasteiger partial charge is 0.469 e. The first kappa shape index (κ1) is 14.0. The zero-order valence-electron chi connectivity index (χ0n) is 11.3. The zero-order valence-corrected chi connectivity index (χ0v) is 11.3. The van der Waals surface area contributed by atoms with Crippen molar-refractivity contribution in [2.45, 2.75) is 46.1 Å². The summed E-state index contributed by atoms with van der Waals surface area (Å²) in [5.41, 5.74) is -0.510. The van der Waals surface area contributed by atoms with E-state index in [0.717, 1.165) is 0 Å². The van der Waals surface area contributed by atoms with E-state index in [1.54, 1.807) is 0 Å². The molecule has 0 aromatic heterocycles. The second-order valence-electron chi connectivity index (χ2n) is 5.85. The third kappa shape index (κ3) is 3.72. The molecule has 0 N–H and O–H groups in total. The zero-order chi connectivity index (χ0) is 13.2. The summed E-state index contributed by atoms with van der Waals surface area (Å²) in [5, 5.41) is 0. The van der Waals surface area contributed by atoms with E-state index in [4.69, 9.17) is 9.47 Å². The standard InChI is InChI=1S/C13H22O4/c1-8-6-9(11(14)16-5)10(7-8)12(15)17-13(2,3)4/h8-10H,6-7H2,1-5H3. The van der Waals surface area contributed by atoms with E-state index in [1.165, 1.54) is 7.11 Å². The van der Waals surface area contributed by atoms with Gasteiger partial charge in [0.2, 0.25) is 0 Å². The molecule has 0 spiro atoms. The van der Waals surface area contributed by atoms with Gasteiger partial charge in [0.05, 0.1) is 18.9 Å². The molecule has 3 atom stereocenters. The third-order valence-corrected chi connectivity index (χ3v) is 3.01.